The smallest absolute Gasteiger partial charge is 0.223 e. The number of amides is 1. The van der Waals surface area contributed by atoms with Crippen LogP contribution in [-0.2, 0) is 4.79 Å². The molecule has 0 saturated carbocycles. The molecular formula is C8H18N2OS. The molecule has 1 amide bonds. The maximum absolute atomic E-state index is 11.3. The summed E-state index contributed by atoms with van der Waals surface area (Å²) in [5.41, 5.74) is 5.29. The van der Waals surface area contributed by atoms with E-state index in [2.05, 4.69) is 0 Å². The lowest BCUT2D eigenvalue weighted by atomic mass is 10.3. The lowest BCUT2D eigenvalue weighted by Crippen LogP contribution is -2.37. The zero-order chi connectivity index (χ0) is 9.56. The van der Waals surface area contributed by atoms with Crippen LogP contribution in [0.1, 0.15) is 13.3 Å². The maximum atomic E-state index is 11.3. The molecule has 0 aliphatic rings. The van der Waals surface area contributed by atoms with Crippen molar-refractivity contribution in [3.63, 3.8) is 0 Å². The van der Waals surface area contributed by atoms with Crippen LogP contribution in [0.15, 0.2) is 0 Å². The quantitative estimate of drug-likeness (QED) is 0.688. The van der Waals surface area contributed by atoms with Gasteiger partial charge in [-0.25, -0.2) is 0 Å². The van der Waals surface area contributed by atoms with Gasteiger partial charge in [-0.05, 0) is 13.2 Å². The van der Waals surface area contributed by atoms with Gasteiger partial charge in [0.15, 0.2) is 0 Å². The fraction of sp³-hybridized carbons (Fsp3) is 0.875. The van der Waals surface area contributed by atoms with Gasteiger partial charge >= 0.3 is 0 Å². The zero-order valence-electron chi connectivity index (χ0n) is 8.04. The van der Waals surface area contributed by atoms with Crippen LogP contribution in [0.25, 0.3) is 0 Å². The van der Waals surface area contributed by atoms with Gasteiger partial charge in [0.2, 0.25) is 5.91 Å². The van der Waals surface area contributed by atoms with E-state index in [9.17, 15) is 4.79 Å². The molecule has 0 aliphatic heterocycles. The summed E-state index contributed by atoms with van der Waals surface area (Å²) >= 11 is 1.75. The van der Waals surface area contributed by atoms with Crippen LogP contribution >= 0.6 is 11.8 Å². The summed E-state index contributed by atoms with van der Waals surface area (Å²) in [6.45, 7) is 2.49. The monoisotopic (exact) mass is 190 g/mol. The van der Waals surface area contributed by atoms with Crippen LogP contribution in [0.5, 0.6) is 0 Å². The molecule has 0 radical (unpaired) electrons. The highest BCUT2D eigenvalue weighted by Crippen LogP contribution is 2.04. The fourth-order valence-corrected chi connectivity index (χ4v) is 1.60. The first-order chi connectivity index (χ1) is 5.63. The molecule has 0 rings (SSSR count). The number of nitrogens with two attached hydrogens (primary N) is 1. The third-order valence-electron chi connectivity index (χ3n) is 1.82. The Morgan fingerprint density at radius 3 is 2.67 bits per heavy atom. The minimum Gasteiger partial charge on any atom is -0.342 e. The Labute approximate surface area is 78.7 Å². The van der Waals surface area contributed by atoms with Gasteiger partial charge in [0, 0.05) is 31.8 Å². The van der Waals surface area contributed by atoms with E-state index < -0.39 is 0 Å². The molecule has 3 nitrogen and oxygen atoms in total. The Balaban J connectivity index is 3.82. The molecule has 0 heterocycles. The molecule has 0 aromatic heterocycles. The molecule has 0 aromatic rings. The van der Waals surface area contributed by atoms with Crippen molar-refractivity contribution in [3.05, 3.63) is 0 Å². The lowest BCUT2D eigenvalue weighted by Gasteiger charge is -2.24. The van der Waals surface area contributed by atoms with Gasteiger partial charge in [-0.15, -0.1) is 0 Å². The summed E-state index contributed by atoms with van der Waals surface area (Å²) in [5.74, 6) is 1.12. The molecule has 12 heavy (non-hydrogen) atoms. The Kier molecular flexibility index (Phi) is 6.20. The van der Waals surface area contributed by atoms with E-state index in [0.717, 1.165) is 5.75 Å². The second-order valence-electron chi connectivity index (χ2n) is 2.85. The summed E-state index contributed by atoms with van der Waals surface area (Å²) < 4.78 is 0. The number of nitrogens with zero attached hydrogens (tertiary/aromatic N) is 1. The van der Waals surface area contributed by atoms with Crippen molar-refractivity contribution < 1.29 is 4.79 Å². The summed E-state index contributed by atoms with van der Waals surface area (Å²) in [6, 6.07) is 0.305. The molecule has 0 fully saturated rings. The number of thioether (sulfide) groups is 1. The topological polar surface area (TPSA) is 46.3 Å². The molecule has 0 aliphatic carbocycles. The van der Waals surface area contributed by atoms with Gasteiger partial charge in [-0.1, -0.05) is 0 Å². The van der Waals surface area contributed by atoms with E-state index in [1.807, 2.05) is 20.2 Å². The predicted molar refractivity (Wildman–Crippen MR) is 54.3 cm³/mol. The Hall–Kier alpha value is -0.220. The highest BCUT2D eigenvalue weighted by atomic mass is 32.2. The number of carbonyl (C=O) groups is 1. The minimum atomic E-state index is 0.138. The van der Waals surface area contributed by atoms with Crippen LogP contribution in [0.2, 0.25) is 0 Å². The molecule has 4 heteroatoms. The lowest BCUT2D eigenvalue weighted by molar-refractivity contribution is -0.131. The highest BCUT2D eigenvalue weighted by Gasteiger charge is 2.13. The van der Waals surface area contributed by atoms with Gasteiger partial charge in [0.25, 0.3) is 0 Å². The number of rotatable bonds is 5. The van der Waals surface area contributed by atoms with Crippen molar-refractivity contribution >= 4 is 17.7 Å². The van der Waals surface area contributed by atoms with Crippen molar-refractivity contribution in [2.45, 2.75) is 19.4 Å². The van der Waals surface area contributed by atoms with Gasteiger partial charge < -0.3 is 10.6 Å². The standard InChI is InChI=1S/C8H18N2OS/c1-7(6-12-3)10(2)8(11)4-5-9/h7H,4-6,9H2,1-3H3. The molecular weight excluding hydrogens is 172 g/mol. The van der Waals surface area contributed by atoms with E-state index in [4.69, 9.17) is 5.73 Å². The van der Waals surface area contributed by atoms with E-state index >= 15 is 0 Å². The molecule has 1 atom stereocenters. The number of hydrogen-bond acceptors (Lipinski definition) is 3. The van der Waals surface area contributed by atoms with E-state index in [1.165, 1.54) is 0 Å². The van der Waals surface area contributed by atoms with Gasteiger partial charge in [0.1, 0.15) is 0 Å². The number of hydrogen-bond donors (Lipinski definition) is 1. The molecule has 0 spiro atoms. The molecule has 0 aromatic carbocycles. The van der Waals surface area contributed by atoms with Gasteiger partial charge in [-0.2, -0.15) is 11.8 Å². The molecule has 2 N–H and O–H groups in total. The van der Waals surface area contributed by atoms with Crippen molar-refractivity contribution in [1.29, 1.82) is 0 Å². The average molecular weight is 190 g/mol. The normalized spacial score (nSPS) is 12.7. The van der Waals surface area contributed by atoms with Crippen LogP contribution in [0, 0.1) is 0 Å². The van der Waals surface area contributed by atoms with Crippen molar-refractivity contribution in [2.24, 2.45) is 5.73 Å². The third-order valence-corrected chi connectivity index (χ3v) is 2.64. The molecule has 1 unspecified atom stereocenters. The second-order valence-corrected chi connectivity index (χ2v) is 3.76. The summed E-state index contributed by atoms with van der Waals surface area (Å²) in [5, 5.41) is 0. The van der Waals surface area contributed by atoms with E-state index in [1.54, 1.807) is 16.7 Å². The molecule has 0 saturated heterocycles. The Morgan fingerprint density at radius 2 is 2.25 bits per heavy atom. The minimum absolute atomic E-state index is 0.138. The van der Waals surface area contributed by atoms with Crippen LogP contribution < -0.4 is 5.73 Å². The van der Waals surface area contributed by atoms with Gasteiger partial charge in [-0.3, -0.25) is 4.79 Å². The molecule has 0 bridgehead atoms. The predicted octanol–water partition coefficient (Wildman–Crippen LogP) is 0.545. The first-order valence-electron chi connectivity index (χ1n) is 4.08. The zero-order valence-corrected chi connectivity index (χ0v) is 8.86. The Bertz CT molecular complexity index is 141. The SMILES string of the molecule is CSCC(C)N(C)C(=O)CCN. The van der Waals surface area contributed by atoms with E-state index in [0.29, 0.717) is 19.0 Å². The van der Waals surface area contributed by atoms with E-state index in [-0.39, 0.29) is 5.91 Å². The van der Waals surface area contributed by atoms with Crippen molar-refractivity contribution in [1.82, 2.24) is 4.90 Å². The van der Waals surface area contributed by atoms with Crippen LogP contribution in [-0.4, -0.2) is 42.4 Å². The summed E-state index contributed by atoms with van der Waals surface area (Å²) in [7, 11) is 1.83. The van der Waals surface area contributed by atoms with Crippen LogP contribution in [0.3, 0.4) is 0 Å². The fourth-order valence-electron chi connectivity index (χ4n) is 0.899. The highest BCUT2D eigenvalue weighted by molar-refractivity contribution is 7.98. The van der Waals surface area contributed by atoms with Crippen molar-refractivity contribution in [2.75, 3.05) is 25.6 Å². The first kappa shape index (κ1) is 11.8. The van der Waals surface area contributed by atoms with Crippen molar-refractivity contribution in [3.8, 4) is 0 Å². The number of carbonyl (C=O) groups excluding carboxylic acids is 1. The van der Waals surface area contributed by atoms with Crippen LogP contribution in [0.4, 0.5) is 0 Å². The average Bonchev–Trinajstić information content (AvgIpc) is 2.04. The Morgan fingerprint density at radius 1 is 1.67 bits per heavy atom. The largest absolute Gasteiger partial charge is 0.342 e. The second kappa shape index (κ2) is 6.31. The van der Waals surface area contributed by atoms with Gasteiger partial charge in [0.05, 0.1) is 0 Å². The molecule has 72 valence electrons. The first-order valence-corrected chi connectivity index (χ1v) is 5.47. The summed E-state index contributed by atoms with van der Waals surface area (Å²) in [4.78, 5) is 13.1. The third kappa shape index (κ3) is 3.97. The maximum Gasteiger partial charge on any atom is 0.223 e. The summed E-state index contributed by atoms with van der Waals surface area (Å²) in [6.07, 6.45) is 2.49.